The first-order chi connectivity index (χ1) is 4.43. The normalized spacial score (nSPS) is 9.89. The highest BCUT2D eigenvalue weighted by Crippen LogP contribution is 1.90. The summed E-state index contributed by atoms with van der Waals surface area (Å²) in [5.74, 6) is 0. The van der Waals surface area contributed by atoms with Crippen LogP contribution in [0.4, 0.5) is 0 Å². The fraction of sp³-hybridized carbons (Fsp3) is 0.667. The summed E-state index contributed by atoms with van der Waals surface area (Å²) in [6, 6.07) is 0. The molecule has 0 unspecified atom stereocenters. The number of rotatable bonds is 3. The van der Waals surface area contributed by atoms with Gasteiger partial charge in [0.1, 0.15) is 12.7 Å². The van der Waals surface area contributed by atoms with Gasteiger partial charge in [-0.15, -0.1) is 10.2 Å². The highest BCUT2D eigenvalue weighted by Gasteiger charge is 1.86. The van der Waals surface area contributed by atoms with Gasteiger partial charge in [-0.25, -0.2) is 0 Å². The first-order valence-corrected chi connectivity index (χ1v) is 3.26. The smallest absolute Gasteiger partial charge is 0.119 e. The third-order valence-electron chi connectivity index (χ3n) is 1.24. The Morgan fingerprint density at radius 2 is 2.00 bits per heavy atom. The van der Waals surface area contributed by atoms with Crippen molar-refractivity contribution in [2.75, 3.05) is 0 Å². The van der Waals surface area contributed by atoms with Crippen LogP contribution in [-0.4, -0.2) is 14.8 Å². The predicted molar refractivity (Wildman–Crippen MR) is 34.9 cm³/mol. The Morgan fingerprint density at radius 3 is 2.56 bits per heavy atom. The molecule has 0 aliphatic rings. The molecule has 0 N–H and O–H groups in total. The maximum Gasteiger partial charge on any atom is 0.119 e. The molecule has 3 heteroatoms. The highest BCUT2D eigenvalue weighted by molar-refractivity contribution is 4.58. The van der Waals surface area contributed by atoms with Gasteiger partial charge in [0.25, 0.3) is 0 Å². The molecule has 1 aromatic rings. The first-order valence-electron chi connectivity index (χ1n) is 3.26. The van der Waals surface area contributed by atoms with E-state index in [1.807, 2.05) is 4.57 Å². The van der Waals surface area contributed by atoms with E-state index in [1.165, 1.54) is 12.8 Å². The molecule has 0 saturated heterocycles. The van der Waals surface area contributed by atoms with Gasteiger partial charge in [0.15, 0.2) is 0 Å². The van der Waals surface area contributed by atoms with Gasteiger partial charge in [-0.1, -0.05) is 13.3 Å². The molecular formula is C6H11N3. The summed E-state index contributed by atoms with van der Waals surface area (Å²) in [5.41, 5.74) is 0. The van der Waals surface area contributed by atoms with Crippen LogP contribution in [0.25, 0.3) is 0 Å². The lowest BCUT2D eigenvalue weighted by Gasteiger charge is -1.95. The fourth-order valence-corrected chi connectivity index (χ4v) is 0.678. The van der Waals surface area contributed by atoms with Crippen LogP contribution in [0.15, 0.2) is 12.7 Å². The average Bonchev–Trinajstić information content (AvgIpc) is 2.34. The molecule has 3 nitrogen and oxygen atoms in total. The van der Waals surface area contributed by atoms with Gasteiger partial charge < -0.3 is 4.57 Å². The van der Waals surface area contributed by atoms with Crippen LogP contribution in [0.3, 0.4) is 0 Å². The molecule has 0 atom stereocenters. The summed E-state index contributed by atoms with van der Waals surface area (Å²) in [7, 11) is 0. The first kappa shape index (κ1) is 6.26. The third kappa shape index (κ3) is 1.83. The van der Waals surface area contributed by atoms with Crippen LogP contribution in [0, 0.1) is 0 Å². The Morgan fingerprint density at radius 1 is 1.33 bits per heavy atom. The monoisotopic (exact) mass is 125 g/mol. The maximum absolute atomic E-state index is 3.69. The van der Waals surface area contributed by atoms with Crippen molar-refractivity contribution >= 4 is 0 Å². The minimum Gasteiger partial charge on any atom is -0.320 e. The second kappa shape index (κ2) is 3.22. The zero-order chi connectivity index (χ0) is 6.53. The zero-order valence-corrected chi connectivity index (χ0v) is 5.62. The Kier molecular flexibility index (Phi) is 2.24. The van der Waals surface area contributed by atoms with Crippen molar-refractivity contribution in [3.63, 3.8) is 0 Å². The van der Waals surface area contributed by atoms with Crippen molar-refractivity contribution in [3.8, 4) is 0 Å². The Hall–Kier alpha value is -0.860. The molecule has 0 aliphatic carbocycles. The van der Waals surface area contributed by atoms with Crippen molar-refractivity contribution in [2.45, 2.75) is 26.3 Å². The van der Waals surface area contributed by atoms with Crippen molar-refractivity contribution in [3.05, 3.63) is 12.7 Å². The number of aryl methyl sites for hydroxylation is 1. The van der Waals surface area contributed by atoms with E-state index in [-0.39, 0.29) is 0 Å². The highest BCUT2D eigenvalue weighted by atomic mass is 15.2. The largest absolute Gasteiger partial charge is 0.320 e. The summed E-state index contributed by atoms with van der Waals surface area (Å²) in [6.45, 7) is 3.22. The molecule has 1 heterocycles. The molecule has 0 fully saturated rings. The van der Waals surface area contributed by atoms with E-state index >= 15 is 0 Å². The van der Waals surface area contributed by atoms with Crippen molar-refractivity contribution < 1.29 is 0 Å². The summed E-state index contributed by atoms with van der Waals surface area (Å²) in [6.07, 6.45) is 5.92. The van der Waals surface area contributed by atoms with E-state index in [0.717, 1.165) is 6.54 Å². The van der Waals surface area contributed by atoms with Gasteiger partial charge >= 0.3 is 0 Å². The molecule has 50 valence electrons. The molecule has 0 saturated carbocycles. The Balaban J connectivity index is 2.30. The van der Waals surface area contributed by atoms with Gasteiger partial charge in [0.05, 0.1) is 0 Å². The quantitative estimate of drug-likeness (QED) is 0.605. The van der Waals surface area contributed by atoms with Crippen molar-refractivity contribution in [2.24, 2.45) is 0 Å². The lowest BCUT2D eigenvalue weighted by Crippen LogP contribution is -1.92. The van der Waals surface area contributed by atoms with Gasteiger partial charge in [0, 0.05) is 6.54 Å². The van der Waals surface area contributed by atoms with E-state index in [1.54, 1.807) is 12.7 Å². The molecule has 9 heavy (non-hydrogen) atoms. The Labute approximate surface area is 54.7 Å². The SMILES string of the molecule is CCCCn1cnnc1. The number of nitrogens with zero attached hydrogens (tertiary/aromatic N) is 3. The van der Waals surface area contributed by atoms with E-state index in [4.69, 9.17) is 0 Å². The van der Waals surface area contributed by atoms with E-state index < -0.39 is 0 Å². The standard InChI is InChI=1S/C6H11N3/c1-2-3-4-9-5-7-8-6-9/h5-6H,2-4H2,1H3. The summed E-state index contributed by atoms with van der Waals surface area (Å²) in [5, 5.41) is 7.38. The predicted octanol–water partition coefficient (Wildman–Crippen LogP) is 1.08. The maximum atomic E-state index is 3.69. The molecule has 0 aromatic carbocycles. The number of aromatic nitrogens is 3. The van der Waals surface area contributed by atoms with Crippen LogP contribution in [0.5, 0.6) is 0 Å². The summed E-state index contributed by atoms with van der Waals surface area (Å²) in [4.78, 5) is 0. The molecule has 0 aliphatic heterocycles. The molecule has 0 radical (unpaired) electrons. The van der Waals surface area contributed by atoms with E-state index in [9.17, 15) is 0 Å². The minimum absolute atomic E-state index is 1.05. The Bertz CT molecular complexity index is 145. The second-order valence-electron chi connectivity index (χ2n) is 2.05. The fourth-order valence-electron chi connectivity index (χ4n) is 0.678. The summed E-state index contributed by atoms with van der Waals surface area (Å²) < 4.78 is 1.99. The van der Waals surface area contributed by atoms with Crippen LogP contribution in [0.1, 0.15) is 19.8 Å². The van der Waals surface area contributed by atoms with Crippen molar-refractivity contribution in [1.29, 1.82) is 0 Å². The molecule has 0 amide bonds. The molecule has 1 rings (SSSR count). The van der Waals surface area contributed by atoms with Crippen molar-refractivity contribution in [1.82, 2.24) is 14.8 Å². The van der Waals surface area contributed by atoms with Gasteiger partial charge in [-0.3, -0.25) is 0 Å². The second-order valence-corrected chi connectivity index (χ2v) is 2.05. The van der Waals surface area contributed by atoms with Gasteiger partial charge in [-0.05, 0) is 6.42 Å². The van der Waals surface area contributed by atoms with Gasteiger partial charge in [0.2, 0.25) is 0 Å². The van der Waals surface area contributed by atoms with Crippen LogP contribution >= 0.6 is 0 Å². The number of hydrogen-bond donors (Lipinski definition) is 0. The van der Waals surface area contributed by atoms with Crippen LogP contribution < -0.4 is 0 Å². The third-order valence-corrected chi connectivity index (χ3v) is 1.24. The lowest BCUT2D eigenvalue weighted by atomic mass is 10.3. The van der Waals surface area contributed by atoms with E-state index in [0.29, 0.717) is 0 Å². The molecular weight excluding hydrogens is 114 g/mol. The zero-order valence-electron chi connectivity index (χ0n) is 5.62. The van der Waals surface area contributed by atoms with Gasteiger partial charge in [-0.2, -0.15) is 0 Å². The molecule has 0 bridgehead atoms. The van der Waals surface area contributed by atoms with Crippen LogP contribution in [0.2, 0.25) is 0 Å². The molecule has 1 aromatic heterocycles. The van der Waals surface area contributed by atoms with Crippen LogP contribution in [-0.2, 0) is 6.54 Å². The average molecular weight is 125 g/mol. The number of unbranched alkanes of at least 4 members (excludes halogenated alkanes) is 1. The topological polar surface area (TPSA) is 30.7 Å². The minimum atomic E-state index is 1.05. The lowest BCUT2D eigenvalue weighted by molar-refractivity contribution is 0.630. The number of hydrogen-bond acceptors (Lipinski definition) is 2. The van der Waals surface area contributed by atoms with E-state index in [2.05, 4.69) is 17.1 Å². The molecule has 0 spiro atoms. The summed E-state index contributed by atoms with van der Waals surface area (Å²) >= 11 is 0.